The molecule has 0 fully saturated rings. The van der Waals surface area contributed by atoms with Gasteiger partial charge in [0.05, 0.1) is 11.4 Å². The van der Waals surface area contributed by atoms with E-state index in [4.69, 9.17) is 11.5 Å². The fraction of sp³-hybridized carbons (Fsp3) is 0.684. The van der Waals surface area contributed by atoms with E-state index in [1.165, 1.54) is 69.8 Å². The average molecular weight is 290 g/mol. The van der Waals surface area contributed by atoms with E-state index in [0.717, 1.165) is 23.4 Å². The first-order chi connectivity index (χ1) is 10.2. The Morgan fingerprint density at radius 3 is 1.81 bits per heavy atom. The van der Waals surface area contributed by atoms with E-state index in [2.05, 4.69) is 19.1 Å². The topological polar surface area (TPSA) is 52.0 Å². The van der Waals surface area contributed by atoms with Crippen LogP contribution in [-0.4, -0.2) is 0 Å². The Labute approximate surface area is 131 Å². The van der Waals surface area contributed by atoms with Crippen molar-refractivity contribution in [3.05, 3.63) is 23.3 Å². The quantitative estimate of drug-likeness (QED) is 0.410. The van der Waals surface area contributed by atoms with Crippen LogP contribution in [0, 0.1) is 6.92 Å². The Morgan fingerprint density at radius 1 is 0.714 bits per heavy atom. The van der Waals surface area contributed by atoms with Crippen LogP contribution in [0.25, 0.3) is 0 Å². The number of unbranched alkanes of at least 4 members (excludes halogenated alkanes) is 9. The number of aryl methyl sites for hydroxylation is 2. The second kappa shape index (κ2) is 10.5. The van der Waals surface area contributed by atoms with Crippen molar-refractivity contribution in [1.29, 1.82) is 0 Å². The molecule has 21 heavy (non-hydrogen) atoms. The fourth-order valence-corrected chi connectivity index (χ4v) is 2.81. The third-order valence-electron chi connectivity index (χ3n) is 4.40. The van der Waals surface area contributed by atoms with Gasteiger partial charge in [0, 0.05) is 0 Å². The Bertz CT molecular complexity index is 399. The fourth-order valence-electron chi connectivity index (χ4n) is 2.81. The van der Waals surface area contributed by atoms with E-state index in [-0.39, 0.29) is 0 Å². The number of benzene rings is 1. The van der Waals surface area contributed by atoms with Crippen LogP contribution in [0.1, 0.15) is 82.3 Å². The Hall–Kier alpha value is -1.18. The maximum atomic E-state index is 6.08. The van der Waals surface area contributed by atoms with Gasteiger partial charge in [0.1, 0.15) is 0 Å². The summed E-state index contributed by atoms with van der Waals surface area (Å²) in [5, 5.41) is 0. The molecule has 0 spiro atoms. The summed E-state index contributed by atoms with van der Waals surface area (Å²) in [6.45, 7) is 4.28. The maximum Gasteiger partial charge on any atom is 0.0583 e. The van der Waals surface area contributed by atoms with Gasteiger partial charge in [0.2, 0.25) is 0 Å². The molecule has 0 aromatic heterocycles. The molecule has 4 N–H and O–H groups in total. The van der Waals surface area contributed by atoms with Gasteiger partial charge in [0.15, 0.2) is 0 Å². The zero-order valence-electron chi connectivity index (χ0n) is 14.1. The molecule has 2 heteroatoms. The van der Waals surface area contributed by atoms with Gasteiger partial charge in [-0.1, -0.05) is 76.8 Å². The van der Waals surface area contributed by atoms with Crippen LogP contribution in [0.2, 0.25) is 0 Å². The normalized spacial score (nSPS) is 11.0. The van der Waals surface area contributed by atoms with Gasteiger partial charge in [-0.3, -0.25) is 0 Å². The number of hydrogen-bond donors (Lipinski definition) is 2. The van der Waals surface area contributed by atoms with Gasteiger partial charge in [-0.25, -0.2) is 0 Å². The van der Waals surface area contributed by atoms with Crippen LogP contribution < -0.4 is 11.5 Å². The molecule has 0 saturated carbocycles. The SMILES string of the molecule is CCCCCCCCCCCCc1ccc(C)c(N)c1N. The average Bonchev–Trinajstić information content (AvgIpc) is 2.49. The Balaban J connectivity index is 2.06. The molecule has 0 aliphatic carbocycles. The summed E-state index contributed by atoms with van der Waals surface area (Å²) in [5.74, 6) is 0. The van der Waals surface area contributed by atoms with E-state index in [1.807, 2.05) is 6.92 Å². The molecule has 0 aliphatic heterocycles. The van der Waals surface area contributed by atoms with E-state index in [0.29, 0.717) is 0 Å². The highest BCUT2D eigenvalue weighted by molar-refractivity contribution is 5.70. The summed E-state index contributed by atoms with van der Waals surface area (Å²) in [6.07, 6.45) is 14.8. The second-order valence-electron chi connectivity index (χ2n) is 6.30. The lowest BCUT2D eigenvalue weighted by Crippen LogP contribution is -2.02. The molecule has 0 unspecified atom stereocenters. The van der Waals surface area contributed by atoms with Crippen molar-refractivity contribution >= 4 is 11.4 Å². The van der Waals surface area contributed by atoms with Crippen LogP contribution in [0.5, 0.6) is 0 Å². The number of nitrogen functional groups attached to an aromatic ring is 2. The predicted molar refractivity (Wildman–Crippen MR) is 95.6 cm³/mol. The Morgan fingerprint density at radius 2 is 1.24 bits per heavy atom. The lowest BCUT2D eigenvalue weighted by atomic mass is 10.0. The van der Waals surface area contributed by atoms with Gasteiger partial charge in [-0.05, 0) is 30.9 Å². The molecule has 0 aliphatic rings. The van der Waals surface area contributed by atoms with Crippen molar-refractivity contribution in [2.24, 2.45) is 0 Å². The molecule has 120 valence electrons. The van der Waals surface area contributed by atoms with Crippen LogP contribution in [0.3, 0.4) is 0 Å². The van der Waals surface area contributed by atoms with Gasteiger partial charge in [-0.15, -0.1) is 0 Å². The Kier molecular flexibility index (Phi) is 8.96. The van der Waals surface area contributed by atoms with Crippen LogP contribution in [0.4, 0.5) is 11.4 Å². The van der Waals surface area contributed by atoms with E-state index in [1.54, 1.807) is 0 Å². The van der Waals surface area contributed by atoms with E-state index in [9.17, 15) is 0 Å². The lowest BCUT2D eigenvalue weighted by Gasteiger charge is -2.10. The minimum Gasteiger partial charge on any atom is -0.397 e. The zero-order chi connectivity index (χ0) is 15.5. The maximum absolute atomic E-state index is 6.08. The van der Waals surface area contributed by atoms with Crippen LogP contribution >= 0.6 is 0 Å². The van der Waals surface area contributed by atoms with Crippen molar-refractivity contribution in [3.8, 4) is 0 Å². The summed E-state index contributed by atoms with van der Waals surface area (Å²) in [7, 11) is 0. The van der Waals surface area contributed by atoms with Crippen molar-refractivity contribution in [1.82, 2.24) is 0 Å². The highest BCUT2D eigenvalue weighted by Crippen LogP contribution is 2.25. The molecule has 0 atom stereocenters. The first kappa shape index (κ1) is 17.9. The van der Waals surface area contributed by atoms with Crippen molar-refractivity contribution in [3.63, 3.8) is 0 Å². The third kappa shape index (κ3) is 6.88. The summed E-state index contributed by atoms with van der Waals surface area (Å²) in [5.41, 5.74) is 15.9. The molecule has 1 rings (SSSR count). The molecule has 1 aromatic rings. The minimum absolute atomic E-state index is 0.763. The summed E-state index contributed by atoms with van der Waals surface area (Å²) in [6, 6.07) is 4.21. The summed E-state index contributed by atoms with van der Waals surface area (Å²) in [4.78, 5) is 0. The van der Waals surface area contributed by atoms with E-state index < -0.39 is 0 Å². The van der Waals surface area contributed by atoms with Gasteiger partial charge in [0.25, 0.3) is 0 Å². The van der Waals surface area contributed by atoms with Crippen molar-refractivity contribution in [2.45, 2.75) is 84.5 Å². The van der Waals surface area contributed by atoms with E-state index >= 15 is 0 Å². The molecule has 0 amide bonds. The smallest absolute Gasteiger partial charge is 0.0583 e. The van der Waals surface area contributed by atoms with Gasteiger partial charge in [-0.2, -0.15) is 0 Å². The number of rotatable bonds is 11. The number of anilines is 2. The molecule has 0 radical (unpaired) electrons. The molecule has 0 heterocycles. The molecular weight excluding hydrogens is 256 g/mol. The monoisotopic (exact) mass is 290 g/mol. The number of hydrogen-bond acceptors (Lipinski definition) is 2. The van der Waals surface area contributed by atoms with Crippen LogP contribution in [0.15, 0.2) is 12.1 Å². The number of nitrogens with two attached hydrogens (primary N) is 2. The highest BCUT2D eigenvalue weighted by Gasteiger charge is 2.04. The van der Waals surface area contributed by atoms with Gasteiger partial charge >= 0.3 is 0 Å². The lowest BCUT2D eigenvalue weighted by molar-refractivity contribution is 0.556. The zero-order valence-corrected chi connectivity index (χ0v) is 14.1. The first-order valence-corrected chi connectivity index (χ1v) is 8.80. The minimum atomic E-state index is 0.763. The van der Waals surface area contributed by atoms with Crippen molar-refractivity contribution < 1.29 is 0 Å². The largest absolute Gasteiger partial charge is 0.397 e. The van der Waals surface area contributed by atoms with Gasteiger partial charge < -0.3 is 11.5 Å². The molecular formula is C19H34N2. The first-order valence-electron chi connectivity index (χ1n) is 8.80. The highest BCUT2D eigenvalue weighted by atomic mass is 14.7. The molecule has 2 nitrogen and oxygen atoms in total. The standard InChI is InChI=1S/C19H34N2/c1-3-4-5-6-7-8-9-10-11-12-13-17-15-14-16(2)18(20)19(17)21/h14-15H,3-13,20-21H2,1-2H3. The predicted octanol–water partition coefficient (Wildman–Crippen LogP) is 5.62. The third-order valence-corrected chi connectivity index (χ3v) is 4.40. The molecule has 1 aromatic carbocycles. The van der Waals surface area contributed by atoms with Crippen LogP contribution in [-0.2, 0) is 6.42 Å². The second-order valence-corrected chi connectivity index (χ2v) is 6.30. The molecule has 0 bridgehead atoms. The summed E-state index contributed by atoms with van der Waals surface area (Å²) >= 11 is 0. The van der Waals surface area contributed by atoms with Crippen molar-refractivity contribution in [2.75, 3.05) is 11.5 Å². The molecule has 0 saturated heterocycles. The summed E-state index contributed by atoms with van der Waals surface area (Å²) < 4.78 is 0.